The Labute approximate surface area is 110 Å². The van der Waals surface area contributed by atoms with Crippen LogP contribution in [0.5, 0.6) is 0 Å². The van der Waals surface area contributed by atoms with E-state index in [0.29, 0.717) is 25.5 Å². The topological polar surface area (TPSA) is 96.5 Å². The summed E-state index contributed by atoms with van der Waals surface area (Å²) in [6.45, 7) is 4.89. The van der Waals surface area contributed by atoms with Gasteiger partial charge in [0.15, 0.2) is 0 Å². The number of nitrogens with two attached hydrogens (primary N) is 1. The first-order valence-corrected chi connectivity index (χ1v) is 7.70. The van der Waals surface area contributed by atoms with Crippen LogP contribution < -0.4 is 5.73 Å². The van der Waals surface area contributed by atoms with Gasteiger partial charge in [0.2, 0.25) is 10.0 Å². The number of nitrogens with one attached hydrogen (secondary N) is 1. The number of hydrogen-bond acceptors (Lipinski definition) is 4. The van der Waals surface area contributed by atoms with Gasteiger partial charge in [-0.05, 0) is 12.3 Å². The average Bonchev–Trinajstić information content (AvgIpc) is 2.26. The van der Waals surface area contributed by atoms with Crippen LogP contribution in [0.15, 0.2) is 0 Å². The number of methoxy groups -OCH3 is 1. The molecule has 108 valence electrons. The Morgan fingerprint density at radius 1 is 1.39 bits per heavy atom. The molecule has 6 nitrogen and oxygen atoms in total. The normalized spacial score (nSPS) is 12.3. The van der Waals surface area contributed by atoms with Gasteiger partial charge in [-0.2, -0.15) is 4.31 Å². The highest BCUT2D eigenvalue weighted by Gasteiger charge is 2.21. The summed E-state index contributed by atoms with van der Waals surface area (Å²) in [7, 11) is -1.75. The van der Waals surface area contributed by atoms with Gasteiger partial charge in [0, 0.05) is 26.6 Å². The molecule has 18 heavy (non-hydrogen) atoms. The molecule has 3 N–H and O–H groups in total. The number of rotatable bonds is 10. The standard InChI is InChI=1S/C11H25N3O3S/c1-10(2)5-9-18(15,16)14(7-8-17-3)6-4-11(12)13/h10H,4-9H2,1-3H3,(H3,12,13). The van der Waals surface area contributed by atoms with E-state index in [1.54, 1.807) is 0 Å². The van der Waals surface area contributed by atoms with E-state index in [0.717, 1.165) is 0 Å². The zero-order valence-electron chi connectivity index (χ0n) is 11.5. The van der Waals surface area contributed by atoms with E-state index < -0.39 is 10.0 Å². The van der Waals surface area contributed by atoms with E-state index in [4.69, 9.17) is 15.9 Å². The highest BCUT2D eigenvalue weighted by atomic mass is 32.2. The van der Waals surface area contributed by atoms with E-state index >= 15 is 0 Å². The molecule has 0 atom stereocenters. The lowest BCUT2D eigenvalue weighted by atomic mass is 10.2. The van der Waals surface area contributed by atoms with Crippen molar-refractivity contribution in [1.82, 2.24) is 4.31 Å². The molecule has 0 aliphatic heterocycles. The van der Waals surface area contributed by atoms with Gasteiger partial charge in [-0.25, -0.2) is 8.42 Å². The second-order valence-electron chi connectivity index (χ2n) is 4.67. The van der Waals surface area contributed by atoms with Crippen LogP contribution in [0, 0.1) is 11.3 Å². The predicted molar refractivity (Wildman–Crippen MR) is 73.2 cm³/mol. The van der Waals surface area contributed by atoms with Crippen molar-refractivity contribution in [3.8, 4) is 0 Å². The Bertz CT molecular complexity index is 341. The van der Waals surface area contributed by atoms with Crippen LogP contribution in [-0.2, 0) is 14.8 Å². The molecular formula is C11H25N3O3S. The quantitative estimate of drug-likeness (QED) is 0.453. The summed E-state index contributed by atoms with van der Waals surface area (Å²) in [4.78, 5) is 0. The monoisotopic (exact) mass is 279 g/mol. The SMILES string of the molecule is COCCN(CCC(=N)N)S(=O)(=O)CCC(C)C. The Balaban J connectivity index is 4.54. The molecule has 0 saturated heterocycles. The average molecular weight is 279 g/mol. The van der Waals surface area contributed by atoms with E-state index in [1.165, 1.54) is 11.4 Å². The van der Waals surface area contributed by atoms with E-state index in [-0.39, 0.29) is 24.6 Å². The third-order valence-corrected chi connectivity index (χ3v) is 4.43. The Kier molecular flexibility index (Phi) is 8.13. The summed E-state index contributed by atoms with van der Waals surface area (Å²) in [5.41, 5.74) is 5.27. The van der Waals surface area contributed by atoms with Crippen LogP contribution in [0.2, 0.25) is 0 Å². The highest BCUT2D eigenvalue weighted by Crippen LogP contribution is 2.09. The van der Waals surface area contributed by atoms with Crippen LogP contribution >= 0.6 is 0 Å². The first kappa shape index (κ1) is 17.3. The summed E-state index contributed by atoms with van der Waals surface area (Å²) >= 11 is 0. The van der Waals surface area contributed by atoms with Crippen LogP contribution in [0.4, 0.5) is 0 Å². The summed E-state index contributed by atoms with van der Waals surface area (Å²) in [6, 6.07) is 0. The van der Waals surface area contributed by atoms with Crippen LogP contribution in [0.25, 0.3) is 0 Å². The Hall–Kier alpha value is -0.660. The van der Waals surface area contributed by atoms with Crippen LogP contribution in [-0.4, -0.2) is 51.1 Å². The fourth-order valence-corrected chi connectivity index (χ4v) is 3.09. The van der Waals surface area contributed by atoms with Crippen molar-refractivity contribution in [2.24, 2.45) is 11.7 Å². The molecule has 0 saturated carbocycles. The van der Waals surface area contributed by atoms with Gasteiger partial charge in [-0.1, -0.05) is 13.8 Å². The van der Waals surface area contributed by atoms with Crippen molar-refractivity contribution in [3.63, 3.8) is 0 Å². The number of nitrogens with zero attached hydrogens (tertiary/aromatic N) is 1. The maximum absolute atomic E-state index is 12.1. The minimum atomic E-state index is -3.28. The van der Waals surface area contributed by atoms with Gasteiger partial charge in [0.05, 0.1) is 18.2 Å². The van der Waals surface area contributed by atoms with Gasteiger partial charge < -0.3 is 10.5 Å². The van der Waals surface area contributed by atoms with Gasteiger partial charge >= 0.3 is 0 Å². The van der Waals surface area contributed by atoms with Crippen molar-refractivity contribution < 1.29 is 13.2 Å². The largest absolute Gasteiger partial charge is 0.388 e. The van der Waals surface area contributed by atoms with E-state index in [1.807, 2.05) is 13.8 Å². The molecular weight excluding hydrogens is 254 g/mol. The second-order valence-corrected chi connectivity index (χ2v) is 6.75. The molecule has 0 unspecified atom stereocenters. The fourth-order valence-electron chi connectivity index (χ4n) is 1.34. The zero-order chi connectivity index (χ0) is 14.2. The summed E-state index contributed by atoms with van der Waals surface area (Å²) < 4.78 is 30.5. The third kappa shape index (κ3) is 7.62. The smallest absolute Gasteiger partial charge is 0.214 e. The molecule has 0 bridgehead atoms. The summed E-state index contributed by atoms with van der Waals surface area (Å²) in [6.07, 6.45) is 0.885. The minimum absolute atomic E-state index is 0.00326. The van der Waals surface area contributed by atoms with Crippen molar-refractivity contribution in [1.29, 1.82) is 5.41 Å². The molecule has 0 amide bonds. The van der Waals surface area contributed by atoms with Gasteiger partial charge in [0.1, 0.15) is 0 Å². The maximum Gasteiger partial charge on any atom is 0.214 e. The Morgan fingerprint density at radius 2 is 2.00 bits per heavy atom. The number of amidine groups is 1. The predicted octanol–water partition coefficient (Wildman–Crippen LogP) is 0.637. The molecule has 0 aromatic heterocycles. The summed E-state index contributed by atoms with van der Waals surface area (Å²) in [5, 5.41) is 7.16. The molecule has 0 spiro atoms. The molecule has 7 heteroatoms. The van der Waals surface area contributed by atoms with Crippen molar-refractivity contribution >= 4 is 15.9 Å². The van der Waals surface area contributed by atoms with Gasteiger partial charge in [0.25, 0.3) is 0 Å². The second kappa shape index (κ2) is 8.44. The third-order valence-electron chi connectivity index (χ3n) is 2.52. The van der Waals surface area contributed by atoms with Gasteiger partial charge in [-0.3, -0.25) is 5.41 Å². The molecule has 0 aromatic rings. The Morgan fingerprint density at radius 3 is 2.44 bits per heavy atom. The number of hydrogen-bond donors (Lipinski definition) is 2. The van der Waals surface area contributed by atoms with Crippen LogP contribution in [0.1, 0.15) is 26.7 Å². The molecule has 0 fully saturated rings. The van der Waals surface area contributed by atoms with Crippen molar-refractivity contribution in [2.45, 2.75) is 26.7 Å². The fraction of sp³-hybridized carbons (Fsp3) is 0.909. The van der Waals surface area contributed by atoms with Crippen molar-refractivity contribution in [3.05, 3.63) is 0 Å². The lowest BCUT2D eigenvalue weighted by Gasteiger charge is -2.22. The number of ether oxygens (including phenoxy) is 1. The molecule has 0 aliphatic rings. The van der Waals surface area contributed by atoms with E-state index in [9.17, 15) is 8.42 Å². The maximum atomic E-state index is 12.1. The lowest BCUT2D eigenvalue weighted by molar-refractivity contribution is 0.179. The van der Waals surface area contributed by atoms with E-state index in [2.05, 4.69) is 0 Å². The molecule has 0 heterocycles. The highest BCUT2D eigenvalue weighted by molar-refractivity contribution is 7.89. The lowest BCUT2D eigenvalue weighted by Crippen LogP contribution is -2.38. The zero-order valence-corrected chi connectivity index (χ0v) is 12.3. The molecule has 0 rings (SSSR count). The van der Waals surface area contributed by atoms with Crippen molar-refractivity contribution in [2.75, 3.05) is 32.6 Å². The molecule has 0 radical (unpaired) electrons. The first-order chi connectivity index (χ1) is 8.29. The summed E-state index contributed by atoms with van der Waals surface area (Å²) in [5.74, 6) is 0.472. The minimum Gasteiger partial charge on any atom is -0.388 e. The first-order valence-electron chi connectivity index (χ1n) is 6.09. The number of sulfonamides is 1. The van der Waals surface area contributed by atoms with Gasteiger partial charge in [-0.15, -0.1) is 0 Å². The molecule has 0 aromatic carbocycles. The van der Waals surface area contributed by atoms with Crippen LogP contribution in [0.3, 0.4) is 0 Å². The molecule has 0 aliphatic carbocycles.